The summed E-state index contributed by atoms with van der Waals surface area (Å²) < 4.78 is 0. The number of rotatable bonds is 5. The fraction of sp³-hybridized carbons (Fsp3) is 0.438. The van der Waals surface area contributed by atoms with Gasteiger partial charge in [0.15, 0.2) is 0 Å². The van der Waals surface area contributed by atoms with E-state index < -0.39 is 0 Å². The molecule has 0 saturated heterocycles. The first-order valence-corrected chi connectivity index (χ1v) is 7.35. The van der Waals surface area contributed by atoms with Gasteiger partial charge >= 0.3 is 0 Å². The number of aromatic nitrogens is 2. The van der Waals surface area contributed by atoms with Gasteiger partial charge in [0.25, 0.3) is 0 Å². The van der Waals surface area contributed by atoms with Crippen molar-refractivity contribution < 1.29 is 4.84 Å². The van der Waals surface area contributed by atoms with Gasteiger partial charge in [-0.3, -0.25) is 9.88 Å². The van der Waals surface area contributed by atoms with Crippen LogP contribution < -0.4 is 0 Å². The fourth-order valence-electron chi connectivity index (χ4n) is 2.55. The van der Waals surface area contributed by atoms with Gasteiger partial charge in [0.1, 0.15) is 6.10 Å². The molecule has 0 spiro atoms. The third-order valence-electron chi connectivity index (χ3n) is 3.65. The lowest BCUT2D eigenvalue weighted by atomic mass is 10.1. The van der Waals surface area contributed by atoms with E-state index in [2.05, 4.69) is 34.0 Å². The summed E-state index contributed by atoms with van der Waals surface area (Å²) in [6.07, 6.45) is 3.92. The monoisotopic (exact) mass is 284 g/mol. The molecule has 0 radical (unpaired) electrons. The summed E-state index contributed by atoms with van der Waals surface area (Å²) in [4.78, 5) is 16.7. The highest BCUT2D eigenvalue weighted by atomic mass is 16.6. The Hall–Kier alpha value is -2.01. The molecule has 2 heterocycles. The van der Waals surface area contributed by atoms with Gasteiger partial charge in [0.2, 0.25) is 0 Å². The molecule has 5 nitrogen and oxygen atoms in total. The molecule has 0 aliphatic carbocycles. The molecule has 110 valence electrons. The van der Waals surface area contributed by atoms with Gasteiger partial charge in [-0.2, -0.15) is 0 Å². The number of oxime groups is 1. The van der Waals surface area contributed by atoms with Crippen LogP contribution in [0.25, 0.3) is 11.0 Å². The topological polar surface area (TPSA) is 50.6 Å². The third-order valence-corrected chi connectivity index (χ3v) is 3.65. The van der Waals surface area contributed by atoms with E-state index in [4.69, 9.17) is 4.84 Å². The van der Waals surface area contributed by atoms with Crippen molar-refractivity contribution in [1.82, 2.24) is 14.9 Å². The number of para-hydroxylation sites is 2. The van der Waals surface area contributed by atoms with Gasteiger partial charge in [-0.05, 0) is 25.6 Å². The van der Waals surface area contributed by atoms with Crippen LogP contribution in [0.2, 0.25) is 0 Å². The van der Waals surface area contributed by atoms with Crippen molar-refractivity contribution in [3.05, 3.63) is 36.2 Å². The molecular formula is C16H20N4O. The van der Waals surface area contributed by atoms with E-state index in [1.165, 1.54) is 0 Å². The van der Waals surface area contributed by atoms with Crippen LogP contribution in [0.15, 0.2) is 35.6 Å². The molecular weight excluding hydrogens is 264 g/mol. The van der Waals surface area contributed by atoms with Crippen molar-refractivity contribution in [2.75, 3.05) is 13.6 Å². The van der Waals surface area contributed by atoms with Crippen molar-refractivity contribution in [3.8, 4) is 0 Å². The maximum Gasteiger partial charge on any atom is 0.145 e. The molecule has 0 fully saturated rings. The second kappa shape index (κ2) is 6.18. The minimum absolute atomic E-state index is 0.165. The van der Waals surface area contributed by atoms with Gasteiger partial charge in [-0.25, -0.2) is 4.98 Å². The molecule has 1 atom stereocenters. The Kier molecular flexibility index (Phi) is 4.10. The normalized spacial score (nSPS) is 18.0. The molecule has 1 aliphatic rings. The van der Waals surface area contributed by atoms with Gasteiger partial charge in [-0.15, -0.1) is 0 Å². The predicted octanol–water partition coefficient (Wildman–Crippen LogP) is 2.62. The van der Waals surface area contributed by atoms with Crippen LogP contribution in [0.3, 0.4) is 0 Å². The van der Waals surface area contributed by atoms with Crippen molar-refractivity contribution >= 4 is 16.7 Å². The third kappa shape index (κ3) is 3.36. The van der Waals surface area contributed by atoms with Crippen LogP contribution >= 0.6 is 0 Å². The molecule has 21 heavy (non-hydrogen) atoms. The lowest BCUT2D eigenvalue weighted by Crippen LogP contribution is -2.29. The largest absolute Gasteiger partial charge is 0.391 e. The molecule has 0 N–H and O–H groups in total. The number of likely N-dealkylation sites (N-methyl/N-ethyl adjacent to an activating group) is 1. The second-order valence-electron chi connectivity index (χ2n) is 5.49. The first kappa shape index (κ1) is 13.9. The highest BCUT2D eigenvalue weighted by Crippen LogP contribution is 2.15. The standard InChI is InChI=1S/C16H20N4O/c1-3-12-8-14(21-19-12)11-20(2)10-13-9-17-15-6-4-5-7-16(15)18-13/h4-7,9,14H,3,8,10-11H2,1-2H3. The van der Waals surface area contributed by atoms with Crippen LogP contribution in [-0.2, 0) is 11.4 Å². The first-order valence-electron chi connectivity index (χ1n) is 7.35. The van der Waals surface area contributed by atoms with Crippen molar-refractivity contribution in [3.63, 3.8) is 0 Å². The smallest absolute Gasteiger partial charge is 0.145 e. The van der Waals surface area contributed by atoms with Crippen LogP contribution in [0, 0.1) is 0 Å². The quantitative estimate of drug-likeness (QED) is 0.847. The Balaban J connectivity index is 1.60. The first-order chi connectivity index (χ1) is 10.2. The average molecular weight is 284 g/mol. The Bertz CT molecular complexity index is 656. The number of benzene rings is 1. The van der Waals surface area contributed by atoms with E-state index in [0.717, 1.165) is 48.4 Å². The summed E-state index contributed by atoms with van der Waals surface area (Å²) in [5.41, 5.74) is 4.01. The SMILES string of the molecule is CCC1=NOC(CN(C)Cc2cnc3ccccc3n2)C1. The summed E-state index contributed by atoms with van der Waals surface area (Å²) in [5.74, 6) is 0. The van der Waals surface area contributed by atoms with E-state index in [1.54, 1.807) is 0 Å². The summed E-state index contributed by atoms with van der Waals surface area (Å²) in [6, 6.07) is 7.94. The Labute approximate surface area is 124 Å². The number of fused-ring (bicyclic) bond motifs is 1. The highest BCUT2D eigenvalue weighted by molar-refractivity contribution is 5.85. The zero-order valence-corrected chi connectivity index (χ0v) is 12.5. The minimum atomic E-state index is 0.165. The molecule has 5 heteroatoms. The second-order valence-corrected chi connectivity index (χ2v) is 5.49. The van der Waals surface area contributed by atoms with Crippen molar-refractivity contribution in [2.45, 2.75) is 32.4 Å². The fourth-order valence-corrected chi connectivity index (χ4v) is 2.55. The van der Waals surface area contributed by atoms with Crippen LogP contribution in [0.4, 0.5) is 0 Å². The van der Waals surface area contributed by atoms with Crippen LogP contribution in [-0.4, -0.2) is 40.3 Å². The number of hydrogen-bond donors (Lipinski definition) is 0. The van der Waals surface area contributed by atoms with Crippen molar-refractivity contribution in [1.29, 1.82) is 0 Å². The Morgan fingerprint density at radius 2 is 2.10 bits per heavy atom. The molecule has 1 aromatic heterocycles. The lowest BCUT2D eigenvalue weighted by molar-refractivity contribution is 0.0574. The van der Waals surface area contributed by atoms with Gasteiger partial charge in [0, 0.05) is 19.5 Å². The van der Waals surface area contributed by atoms with E-state index in [1.807, 2.05) is 30.5 Å². The van der Waals surface area contributed by atoms with Crippen molar-refractivity contribution in [2.24, 2.45) is 5.16 Å². The molecule has 1 aromatic carbocycles. The van der Waals surface area contributed by atoms with E-state index in [-0.39, 0.29) is 6.10 Å². The van der Waals surface area contributed by atoms with E-state index in [9.17, 15) is 0 Å². The van der Waals surface area contributed by atoms with E-state index in [0.29, 0.717) is 0 Å². The molecule has 0 amide bonds. The number of nitrogens with zero attached hydrogens (tertiary/aromatic N) is 4. The maximum absolute atomic E-state index is 5.45. The molecule has 1 unspecified atom stereocenters. The summed E-state index contributed by atoms with van der Waals surface area (Å²) in [6.45, 7) is 3.72. The van der Waals surface area contributed by atoms with Gasteiger partial charge in [-0.1, -0.05) is 24.2 Å². The summed E-state index contributed by atoms with van der Waals surface area (Å²) >= 11 is 0. The molecule has 0 bridgehead atoms. The average Bonchev–Trinajstić information content (AvgIpc) is 2.94. The molecule has 2 aromatic rings. The highest BCUT2D eigenvalue weighted by Gasteiger charge is 2.21. The van der Waals surface area contributed by atoms with Crippen LogP contribution in [0.5, 0.6) is 0 Å². The summed E-state index contributed by atoms with van der Waals surface area (Å²) in [7, 11) is 2.07. The molecule has 3 rings (SSSR count). The maximum atomic E-state index is 5.45. The van der Waals surface area contributed by atoms with E-state index >= 15 is 0 Å². The number of hydrogen-bond acceptors (Lipinski definition) is 5. The Morgan fingerprint density at radius 1 is 1.29 bits per heavy atom. The Morgan fingerprint density at radius 3 is 2.86 bits per heavy atom. The molecule has 1 aliphatic heterocycles. The predicted molar refractivity (Wildman–Crippen MR) is 83.1 cm³/mol. The zero-order valence-electron chi connectivity index (χ0n) is 12.5. The van der Waals surface area contributed by atoms with Gasteiger partial charge in [0.05, 0.1) is 28.6 Å². The minimum Gasteiger partial charge on any atom is -0.391 e. The van der Waals surface area contributed by atoms with Crippen LogP contribution in [0.1, 0.15) is 25.5 Å². The zero-order chi connectivity index (χ0) is 14.7. The molecule has 0 saturated carbocycles. The lowest BCUT2D eigenvalue weighted by Gasteiger charge is -2.19. The summed E-state index contributed by atoms with van der Waals surface area (Å²) in [5, 5.41) is 4.10. The van der Waals surface area contributed by atoms with Gasteiger partial charge < -0.3 is 4.84 Å².